The lowest BCUT2D eigenvalue weighted by Gasteiger charge is -2.26. The molecule has 1 fully saturated rings. The molecule has 2 rings (SSSR count). The molecular formula is C17H22F2O2. The Balaban J connectivity index is 1.81. The van der Waals surface area contributed by atoms with Gasteiger partial charge in [0.2, 0.25) is 0 Å². The van der Waals surface area contributed by atoms with E-state index in [1.165, 1.54) is 0 Å². The maximum Gasteiger partial charge on any atom is 0.387 e. The van der Waals surface area contributed by atoms with Crippen molar-refractivity contribution in [1.29, 1.82) is 0 Å². The summed E-state index contributed by atoms with van der Waals surface area (Å²) in [5.74, 6) is 0.776. The lowest BCUT2D eigenvalue weighted by Crippen LogP contribution is -2.20. The Bertz CT molecular complexity index is 435. The van der Waals surface area contributed by atoms with Crippen LogP contribution in [-0.4, -0.2) is 19.3 Å². The molecule has 116 valence electrons. The number of benzene rings is 1. The molecule has 0 bridgehead atoms. The largest absolute Gasteiger partial charge is 0.435 e. The molecule has 0 radical (unpaired) electrons. The smallest absolute Gasteiger partial charge is 0.387 e. The van der Waals surface area contributed by atoms with Crippen molar-refractivity contribution in [2.75, 3.05) is 6.61 Å². The van der Waals surface area contributed by atoms with Crippen LogP contribution in [0.2, 0.25) is 0 Å². The molecule has 0 aromatic heterocycles. The van der Waals surface area contributed by atoms with Crippen molar-refractivity contribution in [1.82, 2.24) is 0 Å². The zero-order chi connectivity index (χ0) is 15.1. The second-order valence-corrected chi connectivity index (χ2v) is 5.30. The third kappa shape index (κ3) is 5.46. The highest BCUT2D eigenvalue weighted by atomic mass is 19.3. The summed E-state index contributed by atoms with van der Waals surface area (Å²) in [6.45, 7) is 0.0536. The van der Waals surface area contributed by atoms with Crippen molar-refractivity contribution in [3.8, 4) is 5.75 Å². The van der Waals surface area contributed by atoms with Gasteiger partial charge in [0.15, 0.2) is 0 Å². The molecule has 0 spiro atoms. The second kappa shape index (κ2) is 8.13. The number of alkyl halides is 2. The Morgan fingerprint density at radius 2 is 1.81 bits per heavy atom. The lowest BCUT2D eigenvalue weighted by atomic mass is 9.87. The molecule has 1 aromatic carbocycles. The molecule has 0 heterocycles. The molecule has 0 N–H and O–H groups in total. The normalized spacial score (nSPS) is 22.9. The maximum absolute atomic E-state index is 12.1. The van der Waals surface area contributed by atoms with E-state index in [0.717, 1.165) is 37.9 Å². The molecule has 0 atom stereocenters. The highest BCUT2D eigenvalue weighted by molar-refractivity contribution is 5.50. The van der Waals surface area contributed by atoms with Crippen LogP contribution in [0.1, 0.15) is 38.2 Å². The molecule has 2 nitrogen and oxygen atoms in total. The van der Waals surface area contributed by atoms with Crippen LogP contribution < -0.4 is 4.74 Å². The third-order valence-electron chi connectivity index (χ3n) is 3.79. The third-order valence-corrected chi connectivity index (χ3v) is 3.79. The zero-order valence-electron chi connectivity index (χ0n) is 12.3. The summed E-state index contributed by atoms with van der Waals surface area (Å²) in [5.41, 5.74) is 1.00. The molecule has 0 amide bonds. The molecular weight excluding hydrogens is 274 g/mol. The Hall–Kier alpha value is -1.42. The van der Waals surface area contributed by atoms with Gasteiger partial charge >= 0.3 is 6.61 Å². The van der Waals surface area contributed by atoms with E-state index in [9.17, 15) is 8.78 Å². The van der Waals surface area contributed by atoms with E-state index >= 15 is 0 Å². The predicted octanol–water partition coefficient (Wildman–Crippen LogP) is 4.90. The standard InChI is InChI=1S/C17H22F2O2/c1-2-20-15-9-5-13(6-10-15)3-4-14-7-11-16(12-8-14)21-17(18)19/h3-4,7-8,11-13,15,17H,2,5-6,9-10H2,1H3/b4-3+/t13-,15-. The summed E-state index contributed by atoms with van der Waals surface area (Å²) >= 11 is 0. The van der Waals surface area contributed by atoms with E-state index in [0.29, 0.717) is 12.0 Å². The minimum absolute atomic E-state index is 0.194. The average molecular weight is 296 g/mol. The molecule has 0 unspecified atom stereocenters. The van der Waals surface area contributed by atoms with Crippen LogP contribution in [0.25, 0.3) is 6.08 Å². The van der Waals surface area contributed by atoms with Crippen molar-refractivity contribution >= 4 is 6.08 Å². The molecule has 21 heavy (non-hydrogen) atoms. The zero-order valence-corrected chi connectivity index (χ0v) is 12.3. The van der Waals surface area contributed by atoms with Crippen molar-refractivity contribution in [2.24, 2.45) is 5.92 Å². The van der Waals surface area contributed by atoms with Crippen LogP contribution in [-0.2, 0) is 4.74 Å². The fourth-order valence-corrected chi connectivity index (χ4v) is 2.69. The van der Waals surface area contributed by atoms with E-state index in [1.807, 2.05) is 6.92 Å². The van der Waals surface area contributed by atoms with Crippen LogP contribution >= 0.6 is 0 Å². The molecule has 1 aliphatic rings. The maximum atomic E-state index is 12.1. The summed E-state index contributed by atoms with van der Waals surface area (Å²) in [7, 11) is 0. The van der Waals surface area contributed by atoms with Gasteiger partial charge in [-0.25, -0.2) is 0 Å². The van der Waals surface area contributed by atoms with Gasteiger partial charge in [0.05, 0.1) is 6.10 Å². The van der Waals surface area contributed by atoms with E-state index in [-0.39, 0.29) is 5.75 Å². The lowest BCUT2D eigenvalue weighted by molar-refractivity contribution is -0.0498. The van der Waals surface area contributed by atoms with Gasteiger partial charge < -0.3 is 9.47 Å². The first-order chi connectivity index (χ1) is 10.2. The molecule has 0 aliphatic heterocycles. The SMILES string of the molecule is CCO[C@H]1CC[C@H](/C=C/c2ccc(OC(F)F)cc2)CC1. The van der Waals surface area contributed by atoms with Crippen LogP contribution in [0, 0.1) is 5.92 Å². The van der Waals surface area contributed by atoms with E-state index in [1.54, 1.807) is 24.3 Å². The number of rotatable bonds is 6. The van der Waals surface area contributed by atoms with Crippen molar-refractivity contribution in [3.05, 3.63) is 35.9 Å². The van der Waals surface area contributed by atoms with Crippen LogP contribution in [0.3, 0.4) is 0 Å². The van der Waals surface area contributed by atoms with Crippen molar-refractivity contribution < 1.29 is 18.3 Å². The van der Waals surface area contributed by atoms with Gasteiger partial charge in [-0.15, -0.1) is 0 Å². The first kappa shape index (κ1) is 16.0. The summed E-state index contributed by atoms with van der Waals surface area (Å²) < 4.78 is 34.1. The molecule has 1 aromatic rings. The van der Waals surface area contributed by atoms with Gasteiger partial charge in [0.25, 0.3) is 0 Å². The summed E-state index contributed by atoms with van der Waals surface area (Å²) in [4.78, 5) is 0. The van der Waals surface area contributed by atoms with Gasteiger partial charge in [-0.1, -0.05) is 24.3 Å². The fraction of sp³-hybridized carbons (Fsp3) is 0.529. The minimum atomic E-state index is -2.77. The predicted molar refractivity (Wildman–Crippen MR) is 79.5 cm³/mol. The number of halogens is 2. The number of allylic oxidation sites excluding steroid dienone is 1. The Kier molecular flexibility index (Phi) is 6.18. The summed E-state index contributed by atoms with van der Waals surface area (Å²) in [6, 6.07) is 6.72. The van der Waals surface area contributed by atoms with Gasteiger partial charge in [0.1, 0.15) is 5.75 Å². The highest BCUT2D eigenvalue weighted by Crippen LogP contribution is 2.27. The van der Waals surface area contributed by atoms with Crippen LogP contribution in [0.15, 0.2) is 30.3 Å². The van der Waals surface area contributed by atoms with E-state index in [4.69, 9.17) is 4.74 Å². The molecule has 4 heteroatoms. The Morgan fingerprint density at radius 3 is 2.38 bits per heavy atom. The molecule has 1 saturated carbocycles. The number of hydrogen-bond donors (Lipinski definition) is 0. The van der Waals surface area contributed by atoms with Gasteiger partial charge in [0, 0.05) is 6.61 Å². The topological polar surface area (TPSA) is 18.5 Å². The average Bonchev–Trinajstić information content (AvgIpc) is 2.48. The minimum Gasteiger partial charge on any atom is -0.435 e. The van der Waals surface area contributed by atoms with Crippen LogP contribution in [0.4, 0.5) is 8.78 Å². The summed E-state index contributed by atoms with van der Waals surface area (Å²) in [6.07, 6.45) is 9.21. The van der Waals surface area contributed by atoms with E-state index in [2.05, 4.69) is 16.9 Å². The Morgan fingerprint density at radius 1 is 1.14 bits per heavy atom. The Labute approximate surface area is 124 Å². The van der Waals surface area contributed by atoms with E-state index < -0.39 is 6.61 Å². The first-order valence-corrected chi connectivity index (χ1v) is 7.52. The van der Waals surface area contributed by atoms with Crippen LogP contribution in [0.5, 0.6) is 5.75 Å². The quantitative estimate of drug-likeness (QED) is 0.743. The second-order valence-electron chi connectivity index (χ2n) is 5.30. The van der Waals surface area contributed by atoms with Crippen molar-refractivity contribution in [3.63, 3.8) is 0 Å². The first-order valence-electron chi connectivity index (χ1n) is 7.52. The van der Waals surface area contributed by atoms with Gasteiger partial charge in [-0.2, -0.15) is 8.78 Å². The number of ether oxygens (including phenoxy) is 2. The van der Waals surface area contributed by atoms with Gasteiger partial charge in [-0.3, -0.25) is 0 Å². The molecule has 1 aliphatic carbocycles. The van der Waals surface area contributed by atoms with Gasteiger partial charge in [-0.05, 0) is 56.2 Å². The monoisotopic (exact) mass is 296 g/mol. The fourth-order valence-electron chi connectivity index (χ4n) is 2.69. The molecule has 0 saturated heterocycles. The summed E-state index contributed by atoms with van der Waals surface area (Å²) in [5, 5.41) is 0. The van der Waals surface area contributed by atoms with Crippen molar-refractivity contribution in [2.45, 2.75) is 45.3 Å². The number of hydrogen-bond acceptors (Lipinski definition) is 2. The highest BCUT2D eigenvalue weighted by Gasteiger charge is 2.19.